The summed E-state index contributed by atoms with van der Waals surface area (Å²) >= 11 is 6.39. The van der Waals surface area contributed by atoms with Crippen molar-refractivity contribution in [1.82, 2.24) is 10.4 Å². The molecule has 1 N–H and O–H groups in total. The third-order valence-electron chi connectivity index (χ3n) is 4.87. The van der Waals surface area contributed by atoms with E-state index in [0.717, 1.165) is 22.3 Å². The molecule has 1 saturated heterocycles. The summed E-state index contributed by atoms with van der Waals surface area (Å²) in [5, 5.41) is 1.06. The van der Waals surface area contributed by atoms with Gasteiger partial charge in [-0.1, -0.05) is 42.1 Å². The molecule has 1 aliphatic rings. The van der Waals surface area contributed by atoms with Crippen LogP contribution in [0.3, 0.4) is 0 Å². The quantitative estimate of drug-likeness (QED) is 0.370. The van der Waals surface area contributed by atoms with E-state index in [-0.39, 0.29) is 16.7 Å². The van der Waals surface area contributed by atoms with Crippen molar-refractivity contribution in [2.75, 3.05) is 7.11 Å². The summed E-state index contributed by atoms with van der Waals surface area (Å²) in [6.07, 6.45) is 1.67. The van der Waals surface area contributed by atoms with Gasteiger partial charge in [0.05, 0.1) is 12.0 Å². The highest BCUT2D eigenvalue weighted by molar-refractivity contribution is 8.26. The number of thioether (sulfide) groups is 1. The van der Waals surface area contributed by atoms with Crippen LogP contribution in [0.4, 0.5) is 4.39 Å². The molecule has 1 heterocycles. The van der Waals surface area contributed by atoms with Crippen LogP contribution < -0.4 is 14.9 Å². The fourth-order valence-corrected chi connectivity index (χ4v) is 4.26. The number of nitrogens with one attached hydrogen (secondary N) is 1. The Balaban J connectivity index is 1.47. The zero-order valence-electron chi connectivity index (χ0n) is 18.0. The molecule has 0 spiro atoms. The third-order valence-corrected chi connectivity index (χ3v) is 6.17. The molecule has 4 rings (SSSR count). The third kappa shape index (κ3) is 5.44. The topological polar surface area (TPSA) is 67.9 Å². The lowest BCUT2D eigenvalue weighted by molar-refractivity contribution is -0.123. The summed E-state index contributed by atoms with van der Waals surface area (Å²) in [5.41, 5.74) is 4.39. The normalized spacial score (nSPS) is 14.4. The standard InChI is InChI=1S/C25H19FN2O4S2/c1-31-20-12-8-17(9-13-20)23(29)27-28-24(30)22(34-25(28)33)14-18-4-2-3-5-21(18)32-15-16-6-10-19(26)11-7-16/h2-14H,15H2,1H3,(H,27,29)/b22-14-. The number of para-hydroxylation sites is 1. The molecule has 6 nitrogen and oxygen atoms in total. The van der Waals surface area contributed by atoms with E-state index in [1.54, 1.807) is 48.5 Å². The number of hydrazine groups is 1. The predicted molar refractivity (Wildman–Crippen MR) is 133 cm³/mol. The van der Waals surface area contributed by atoms with E-state index in [1.165, 1.54) is 19.2 Å². The number of amides is 2. The molecular formula is C25H19FN2O4S2. The molecule has 2 amide bonds. The Morgan fingerprint density at radius 3 is 2.50 bits per heavy atom. The van der Waals surface area contributed by atoms with Crippen LogP contribution in [0.25, 0.3) is 6.08 Å². The monoisotopic (exact) mass is 494 g/mol. The first-order valence-corrected chi connectivity index (χ1v) is 11.4. The van der Waals surface area contributed by atoms with Crippen molar-refractivity contribution in [3.8, 4) is 11.5 Å². The zero-order valence-corrected chi connectivity index (χ0v) is 19.6. The van der Waals surface area contributed by atoms with E-state index in [4.69, 9.17) is 21.7 Å². The van der Waals surface area contributed by atoms with Crippen molar-refractivity contribution >= 4 is 46.2 Å². The highest BCUT2D eigenvalue weighted by atomic mass is 32.2. The van der Waals surface area contributed by atoms with Gasteiger partial charge in [0.25, 0.3) is 11.8 Å². The molecule has 9 heteroatoms. The summed E-state index contributed by atoms with van der Waals surface area (Å²) in [6.45, 7) is 0.240. The maximum atomic E-state index is 13.1. The zero-order chi connectivity index (χ0) is 24.1. The van der Waals surface area contributed by atoms with Crippen LogP contribution in [0.1, 0.15) is 21.5 Å². The second-order valence-corrected chi connectivity index (χ2v) is 8.82. The van der Waals surface area contributed by atoms with E-state index in [1.807, 2.05) is 18.2 Å². The first kappa shape index (κ1) is 23.5. The van der Waals surface area contributed by atoms with Gasteiger partial charge in [-0.15, -0.1) is 0 Å². The molecule has 3 aromatic carbocycles. The average molecular weight is 495 g/mol. The first-order chi connectivity index (χ1) is 16.4. The number of ether oxygens (including phenoxy) is 2. The lowest BCUT2D eigenvalue weighted by Crippen LogP contribution is -2.44. The van der Waals surface area contributed by atoms with Crippen molar-refractivity contribution in [1.29, 1.82) is 0 Å². The molecule has 0 aliphatic carbocycles. The second kappa shape index (κ2) is 10.5. The Labute approximate surface area is 205 Å². The second-order valence-electron chi connectivity index (χ2n) is 7.14. The molecule has 1 fully saturated rings. The number of nitrogens with zero attached hydrogens (tertiary/aromatic N) is 1. The summed E-state index contributed by atoms with van der Waals surface area (Å²) in [4.78, 5) is 25.9. The van der Waals surface area contributed by atoms with Crippen LogP contribution in [0.2, 0.25) is 0 Å². The molecule has 3 aromatic rings. The molecule has 0 radical (unpaired) electrons. The SMILES string of the molecule is COc1ccc(C(=O)NN2C(=O)/C(=C/c3ccccc3OCc3ccc(F)cc3)SC2=S)cc1. The van der Waals surface area contributed by atoms with Crippen LogP contribution in [-0.2, 0) is 11.4 Å². The Kier molecular flexibility index (Phi) is 7.24. The van der Waals surface area contributed by atoms with Crippen LogP contribution in [0.5, 0.6) is 11.5 Å². The number of carbonyl (C=O) groups is 2. The van der Waals surface area contributed by atoms with Gasteiger partial charge >= 0.3 is 0 Å². The van der Waals surface area contributed by atoms with Crippen molar-refractivity contribution in [2.45, 2.75) is 6.61 Å². The highest BCUT2D eigenvalue weighted by Gasteiger charge is 2.34. The number of hydrogen-bond donors (Lipinski definition) is 1. The molecule has 0 saturated carbocycles. The molecule has 172 valence electrons. The molecular weight excluding hydrogens is 475 g/mol. The molecule has 0 aromatic heterocycles. The number of rotatable bonds is 7. The van der Waals surface area contributed by atoms with Crippen molar-refractivity contribution in [3.63, 3.8) is 0 Å². The van der Waals surface area contributed by atoms with E-state index in [0.29, 0.717) is 27.5 Å². The predicted octanol–water partition coefficient (Wildman–Crippen LogP) is 4.96. The molecule has 1 aliphatic heterocycles. The van der Waals surface area contributed by atoms with E-state index >= 15 is 0 Å². The summed E-state index contributed by atoms with van der Waals surface area (Å²) in [5.74, 6) is -0.0524. The molecule has 34 heavy (non-hydrogen) atoms. The molecule has 0 atom stereocenters. The van der Waals surface area contributed by atoms with Gasteiger partial charge in [0.1, 0.15) is 23.9 Å². The number of methoxy groups -OCH3 is 1. The summed E-state index contributed by atoms with van der Waals surface area (Å²) < 4.78 is 24.3. The smallest absolute Gasteiger partial charge is 0.285 e. The lowest BCUT2D eigenvalue weighted by atomic mass is 10.1. The molecule has 0 unspecified atom stereocenters. The van der Waals surface area contributed by atoms with Crippen LogP contribution in [0.15, 0.2) is 77.7 Å². The van der Waals surface area contributed by atoms with Crippen LogP contribution >= 0.6 is 24.0 Å². The fourth-order valence-electron chi connectivity index (χ4n) is 3.09. The van der Waals surface area contributed by atoms with Gasteiger partial charge in [-0.05, 0) is 66.3 Å². The average Bonchev–Trinajstić information content (AvgIpc) is 3.11. The minimum absolute atomic E-state index is 0.211. The summed E-state index contributed by atoms with van der Waals surface area (Å²) in [6, 6.07) is 19.8. The summed E-state index contributed by atoms with van der Waals surface area (Å²) in [7, 11) is 1.54. The number of halogens is 1. The number of benzene rings is 3. The van der Waals surface area contributed by atoms with Gasteiger partial charge in [0, 0.05) is 11.1 Å². The van der Waals surface area contributed by atoms with Crippen molar-refractivity contribution in [2.24, 2.45) is 0 Å². The number of carbonyl (C=O) groups excluding carboxylic acids is 2. The first-order valence-electron chi connectivity index (χ1n) is 10.1. The van der Waals surface area contributed by atoms with Crippen LogP contribution in [-0.4, -0.2) is 28.3 Å². The maximum Gasteiger partial charge on any atom is 0.285 e. The van der Waals surface area contributed by atoms with Crippen molar-refractivity contribution < 1.29 is 23.5 Å². The highest BCUT2D eigenvalue weighted by Crippen LogP contribution is 2.33. The van der Waals surface area contributed by atoms with Crippen molar-refractivity contribution in [3.05, 3.63) is 100 Å². The number of thiocarbonyl (C=S) groups is 1. The molecule has 0 bridgehead atoms. The maximum absolute atomic E-state index is 13.1. The largest absolute Gasteiger partial charge is 0.497 e. The Bertz CT molecular complexity index is 1260. The lowest BCUT2D eigenvalue weighted by Gasteiger charge is -2.15. The van der Waals surface area contributed by atoms with E-state index in [2.05, 4.69) is 5.43 Å². The Hall–Kier alpha value is -3.69. The van der Waals surface area contributed by atoms with Gasteiger partial charge in [0.15, 0.2) is 4.32 Å². The minimum atomic E-state index is -0.469. The number of hydrogen-bond acceptors (Lipinski definition) is 6. The Morgan fingerprint density at radius 1 is 1.09 bits per heavy atom. The van der Waals surface area contributed by atoms with E-state index < -0.39 is 11.8 Å². The van der Waals surface area contributed by atoms with Gasteiger partial charge < -0.3 is 9.47 Å². The Morgan fingerprint density at radius 2 is 1.79 bits per heavy atom. The van der Waals surface area contributed by atoms with Gasteiger partial charge in [-0.25, -0.2) is 4.39 Å². The van der Waals surface area contributed by atoms with E-state index in [9.17, 15) is 14.0 Å². The van der Waals surface area contributed by atoms with Gasteiger partial charge in [-0.2, -0.15) is 5.01 Å². The van der Waals surface area contributed by atoms with Gasteiger partial charge in [0.2, 0.25) is 0 Å². The minimum Gasteiger partial charge on any atom is -0.497 e. The fraction of sp³-hybridized carbons (Fsp3) is 0.0800. The van der Waals surface area contributed by atoms with Crippen LogP contribution in [0, 0.1) is 5.82 Å². The van der Waals surface area contributed by atoms with Gasteiger partial charge in [-0.3, -0.25) is 15.0 Å².